The molecule has 1 fully saturated rings. The molecule has 1 heterocycles. The van der Waals surface area contributed by atoms with Crippen LogP contribution in [0.2, 0.25) is 0 Å². The highest BCUT2D eigenvalue weighted by atomic mass is 32.2. The minimum absolute atomic E-state index is 0.0277. The molecule has 0 unspecified atom stereocenters. The topological polar surface area (TPSA) is 67.9 Å². The van der Waals surface area contributed by atoms with Gasteiger partial charge in [-0.2, -0.15) is 0 Å². The molecule has 2 amide bonds. The summed E-state index contributed by atoms with van der Waals surface area (Å²) in [5.74, 6) is 1.75. The first kappa shape index (κ1) is 23.7. The number of ether oxygens (including phenoxy) is 2. The molecule has 1 N–H and O–H groups in total. The highest BCUT2D eigenvalue weighted by Crippen LogP contribution is 2.38. The quantitative estimate of drug-likeness (QED) is 0.494. The van der Waals surface area contributed by atoms with Crippen LogP contribution in [0.5, 0.6) is 11.5 Å². The molecule has 1 aliphatic rings. The molecule has 3 aromatic carbocycles. The number of methoxy groups -OCH3 is 2. The normalized spacial score (nSPS) is 15.3. The Hall–Kier alpha value is -3.45. The van der Waals surface area contributed by atoms with Crippen LogP contribution in [0.25, 0.3) is 0 Å². The Bertz CT molecular complexity index is 1140. The van der Waals surface area contributed by atoms with Crippen LogP contribution in [-0.2, 0) is 17.8 Å². The van der Waals surface area contributed by atoms with Crippen LogP contribution >= 0.6 is 11.8 Å². The van der Waals surface area contributed by atoms with E-state index in [-0.39, 0.29) is 17.2 Å². The standard InChI is InChI=1S/C27H28N2O4S/c1-32-23-13-8-20(16-24(23)33-2)17-28-26(31)21-9-11-22(12-10-21)27-29(25(30)18-34-27)15-14-19-6-4-3-5-7-19/h3-13,16,27H,14-15,17-18H2,1-2H3,(H,28,31)/t27-/m1/s1. The minimum atomic E-state index is -0.155. The van der Waals surface area contributed by atoms with E-state index in [1.807, 2.05) is 65.6 Å². The molecule has 4 rings (SSSR count). The molecule has 1 aliphatic heterocycles. The number of hydrogen-bond acceptors (Lipinski definition) is 5. The van der Waals surface area contributed by atoms with Gasteiger partial charge in [0.1, 0.15) is 5.37 Å². The maximum atomic E-state index is 12.7. The summed E-state index contributed by atoms with van der Waals surface area (Å²) in [7, 11) is 3.17. The van der Waals surface area contributed by atoms with Crippen molar-refractivity contribution in [3.05, 3.63) is 95.1 Å². The Morgan fingerprint density at radius 2 is 1.71 bits per heavy atom. The Morgan fingerprint density at radius 1 is 0.971 bits per heavy atom. The van der Waals surface area contributed by atoms with Crippen LogP contribution < -0.4 is 14.8 Å². The number of hydrogen-bond donors (Lipinski definition) is 1. The van der Waals surface area contributed by atoms with Crippen LogP contribution in [-0.4, -0.2) is 43.2 Å². The second-order valence-corrected chi connectivity index (χ2v) is 9.05. The van der Waals surface area contributed by atoms with Crippen LogP contribution in [0.15, 0.2) is 72.8 Å². The molecule has 0 saturated carbocycles. The first-order chi connectivity index (χ1) is 16.6. The fraction of sp³-hybridized carbons (Fsp3) is 0.259. The van der Waals surface area contributed by atoms with E-state index in [0.29, 0.717) is 35.9 Å². The summed E-state index contributed by atoms with van der Waals surface area (Å²) in [5.41, 5.74) is 3.74. The second kappa shape index (κ2) is 11.1. The maximum absolute atomic E-state index is 12.7. The third-order valence-corrected chi connectivity index (χ3v) is 7.07. The molecule has 34 heavy (non-hydrogen) atoms. The summed E-state index contributed by atoms with van der Waals surface area (Å²) in [6, 6.07) is 23.3. The van der Waals surface area contributed by atoms with Gasteiger partial charge in [-0.05, 0) is 47.4 Å². The lowest BCUT2D eigenvalue weighted by molar-refractivity contribution is -0.128. The van der Waals surface area contributed by atoms with E-state index in [4.69, 9.17) is 9.47 Å². The lowest BCUT2D eigenvalue weighted by Crippen LogP contribution is -2.30. The Balaban J connectivity index is 1.37. The minimum Gasteiger partial charge on any atom is -0.493 e. The van der Waals surface area contributed by atoms with E-state index >= 15 is 0 Å². The molecule has 0 radical (unpaired) electrons. The first-order valence-electron chi connectivity index (χ1n) is 11.1. The number of rotatable bonds is 9. The van der Waals surface area contributed by atoms with E-state index < -0.39 is 0 Å². The molecule has 0 bridgehead atoms. The zero-order valence-electron chi connectivity index (χ0n) is 19.3. The van der Waals surface area contributed by atoms with Crippen molar-refractivity contribution >= 4 is 23.6 Å². The molecular weight excluding hydrogens is 448 g/mol. The van der Waals surface area contributed by atoms with Crippen molar-refractivity contribution in [3.8, 4) is 11.5 Å². The number of amides is 2. The Labute approximate surface area is 204 Å². The average Bonchev–Trinajstić information content (AvgIpc) is 3.26. The van der Waals surface area contributed by atoms with Crippen molar-refractivity contribution in [2.75, 3.05) is 26.5 Å². The molecule has 7 heteroatoms. The zero-order valence-corrected chi connectivity index (χ0v) is 20.1. The third kappa shape index (κ3) is 5.54. The number of nitrogens with one attached hydrogen (secondary N) is 1. The van der Waals surface area contributed by atoms with Gasteiger partial charge >= 0.3 is 0 Å². The number of nitrogens with zero attached hydrogens (tertiary/aromatic N) is 1. The van der Waals surface area contributed by atoms with Crippen LogP contribution in [0, 0.1) is 0 Å². The van der Waals surface area contributed by atoms with E-state index in [9.17, 15) is 9.59 Å². The molecule has 6 nitrogen and oxygen atoms in total. The van der Waals surface area contributed by atoms with Gasteiger partial charge in [0.15, 0.2) is 11.5 Å². The summed E-state index contributed by atoms with van der Waals surface area (Å²) in [6.45, 7) is 1.05. The van der Waals surface area contributed by atoms with Gasteiger partial charge in [-0.15, -0.1) is 11.8 Å². The van der Waals surface area contributed by atoms with Gasteiger partial charge in [-0.3, -0.25) is 9.59 Å². The SMILES string of the molecule is COc1ccc(CNC(=O)c2ccc([C@H]3SCC(=O)N3CCc3ccccc3)cc2)cc1OC. The van der Waals surface area contributed by atoms with Gasteiger partial charge in [-0.25, -0.2) is 0 Å². The smallest absolute Gasteiger partial charge is 0.251 e. The number of carbonyl (C=O) groups is 2. The number of thioether (sulfide) groups is 1. The fourth-order valence-electron chi connectivity index (χ4n) is 3.94. The molecule has 0 aliphatic carbocycles. The van der Waals surface area contributed by atoms with Gasteiger partial charge in [0, 0.05) is 18.7 Å². The monoisotopic (exact) mass is 476 g/mol. The van der Waals surface area contributed by atoms with Crippen molar-refractivity contribution in [1.29, 1.82) is 0 Å². The Morgan fingerprint density at radius 3 is 2.41 bits per heavy atom. The molecular formula is C27H28N2O4S. The first-order valence-corrected chi connectivity index (χ1v) is 12.2. The van der Waals surface area contributed by atoms with Gasteiger partial charge in [0.2, 0.25) is 5.91 Å². The van der Waals surface area contributed by atoms with Crippen LogP contribution in [0.1, 0.15) is 32.4 Å². The summed E-state index contributed by atoms with van der Waals surface area (Å²) in [5, 5.41) is 2.91. The average molecular weight is 477 g/mol. The number of benzene rings is 3. The third-order valence-electron chi connectivity index (χ3n) is 5.81. The highest BCUT2D eigenvalue weighted by molar-refractivity contribution is 8.00. The summed E-state index contributed by atoms with van der Waals surface area (Å²) >= 11 is 1.63. The molecule has 0 spiro atoms. The van der Waals surface area contributed by atoms with E-state index in [1.165, 1.54) is 5.56 Å². The van der Waals surface area contributed by atoms with Crippen LogP contribution in [0.3, 0.4) is 0 Å². The number of carbonyl (C=O) groups excluding carboxylic acids is 2. The van der Waals surface area contributed by atoms with Crippen molar-refractivity contribution < 1.29 is 19.1 Å². The van der Waals surface area contributed by atoms with Crippen molar-refractivity contribution in [2.45, 2.75) is 18.3 Å². The van der Waals surface area contributed by atoms with Crippen molar-refractivity contribution in [2.24, 2.45) is 0 Å². The van der Waals surface area contributed by atoms with Crippen LogP contribution in [0.4, 0.5) is 0 Å². The maximum Gasteiger partial charge on any atom is 0.251 e. The van der Waals surface area contributed by atoms with E-state index in [0.717, 1.165) is 17.5 Å². The zero-order chi connectivity index (χ0) is 23.9. The molecule has 1 atom stereocenters. The summed E-state index contributed by atoms with van der Waals surface area (Å²) in [4.78, 5) is 27.1. The molecule has 0 aromatic heterocycles. The highest BCUT2D eigenvalue weighted by Gasteiger charge is 2.32. The largest absolute Gasteiger partial charge is 0.493 e. The van der Waals surface area contributed by atoms with Crippen molar-refractivity contribution in [1.82, 2.24) is 10.2 Å². The molecule has 1 saturated heterocycles. The lowest BCUT2D eigenvalue weighted by atomic mass is 10.1. The summed E-state index contributed by atoms with van der Waals surface area (Å²) < 4.78 is 10.6. The van der Waals surface area contributed by atoms with Crippen molar-refractivity contribution in [3.63, 3.8) is 0 Å². The van der Waals surface area contributed by atoms with Gasteiger partial charge in [0.05, 0.1) is 20.0 Å². The van der Waals surface area contributed by atoms with Gasteiger partial charge in [0.25, 0.3) is 5.91 Å². The molecule has 176 valence electrons. The van der Waals surface area contributed by atoms with E-state index in [2.05, 4.69) is 17.4 Å². The van der Waals surface area contributed by atoms with Gasteiger partial charge < -0.3 is 19.7 Å². The van der Waals surface area contributed by atoms with E-state index in [1.54, 1.807) is 26.0 Å². The summed E-state index contributed by atoms with van der Waals surface area (Å²) in [6.07, 6.45) is 0.820. The predicted octanol–water partition coefficient (Wildman–Crippen LogP) is 4.45. The lowest BCUT2D eigenvalue weighted by Gasteiger charge is -2.24. The second-order valence-electron chi connectivity index (χ2n) is 7.98. The molecule has 3 aromatic rings. The Kier molecular flexibility index (Phi) is 7.75. The predicted molar refractivity (Wildman–Crippen MR) is 134 cm³/mol. The fourth-order valence-corrected chi connectivity index (χ4v) is 5.16. The van der Waals surface area contributed by atoms with Gasteiger partial charge in [-0.1, -0.05) is 48.5 Å².